The maximum Gasteiger partial charge on any atom is 0.292 e. The molecule has 0 N–H and O–H groups in total. The van der Waals surface area contributed by atoms with Crippen LogP contribution in [0.25, 0.3) is 0 Å². The Hall–Kier alpha value is -0.313. The molecule has 0 aromatic heterocycles. The van der Waals surface area contributed by atoms with Gasteiger partial charge in [0.1, 0.15) is 0 Å². The number of carbonyl (C=O) groups excluding carboxylic acids is 1. The van der Waals surface area contributed by atoms with Crippen LogP contribution in [0.2, 0.25) is 16.6 Å². The van der Waals surface area contributed by atoms with Gasteiger partial charge in [0.25, 0.3) is 14.3 Å². The minimum Gasteiger partial charge on any atom is -0.518 e. The molecule has 0 saturated heterocycles. The first kappa shape index (κ1) is 19.4. The van der Waals surface area contributed by atoms with E-state index in [9.17, 15) is 4.79 Å². The molecule has 3 saturated carbocycles. The van der Waals surface area contributed by atoms with Crippen LogP contribution in [-0.4, -0.2) is 14.3 Å². The van der Waals surface area contributed by atoms with Crippen molar-refractivity contribution in [1.82, 2.24) is 0 Å². The lowest BCUT2D eigenvalue weighted by Crippen LogP contribution is -2.55. The van der Waals surface area contributed by atoms with Crippen molar-refractivity contribution in [3.8, 4) is 0 Å². The van der Waals surface area contributed by atoms with Gasteiger partial charge in [0.05, 0.1) is 0 Å². The quantitative estimate of drug-likeness (QED) is 0.463. The van der Waals surface area contributed by atoms with Crippen molar-refractivity contribution < 1.29 is 9.22 Å². The highest BCUT2D eigenvalue weighted by Gasteiger charge is 2.57. The van der Waals surface area contributed by atoms with Crippen molar-refractivity contribution in [2.24, 2.45) is 0 Å². The maximum absolute atomic E-state index is 12.8. The Morgan fingerprint density at radius 2 is 1.08 bits per heavy atom. The first-order chi connectivity index (χ1) is 12.3. The van der Waals surface area contributed by atoms with Crippen LogP contribution >= 0.6 is 0 Å². The molecule has 3 rings (SSSR count). The molecule has 0 aliphatic heterocycles. The Kier molecular flexibility index (Phi) is 7.45. The van der Waals surface area contributed by atoms with Crippen LogP contribution in [0, 0.1) is 0 Å². The summed E-state index contributed by atoms with van der Waals surface area (Å²) in [4.78, 5) is 12.8. The molecule has 25 heavy (non-hydrogen) atoms. The summed E-state index contributed by atoms with van der Waals surface area (Å²) in [6, 6.07) is 0. The minimum atomic E-state index is -2.04. The fourth-order valence-electron chi connectivity index (χ4n) is 6.36. The molecule has 3 fully saturated rings. The van der Waals surface area contributed by atoms with Gasteiger partial charge in [0, 0.05) is 6.42 Å². The van der Waals surface area contributed by atoms with Crippen LogP contribution in [0.1, 0.15) is 116 Å². The molecule has 0 heterocycles. The first-order valence-corrected chi connectivity index (χ1v) is 13.6. The molecule has 0 amide bonds. The third kappa shape index (κ3) is 4.51. The molecule has 3 aliphatic carbocycles. The van der Waals surface area contributed by atoms with Crippen molar-refractivity contribution in [3.63, 3.8) is 0 Å². The Balaban J connectivity index is 1.92. The molecule has 0 atom stereocenters. The highest BCUT2D eigenvalue weighted by atomic mass is 28.4. The predicted molar refractivity (Wildman–Crippen MR) is 107 cm³/mol. The molecule has 0 bridgehead atoms. The van der Waals surface area contributed by atoms with E-state index in [0.29, 0.717) is 6.42 Å². The molecule has 2 nitrogen and oxygen atoms in total. The number of hydrogen-bond donors (Lipinski definition) is 0. The van der Waals surface area contributed by atoms with E-state index < -0.39 is 8.32 Å². The van der Waals surface area contributed by atoms with Gasteiger partial charge in [-0.05, 0) is 61.6 Å². The summed E-state index contributed by atoms with van der Waals surface area (Å²) in [5, 5.41) is 0. The standard InChI is InChI=1S/C22H40O2Si/c1-2-12-22(23)24-25(19-13-6-3-7-14-19,20-15-8-4-9-16-20)21-17-10-5-11-18-21/h19-21H,2-18H2,1H3. The lowest BCUT2D eigenvalue weighted by molar-refractivity contribution is -0.136. The van der Waals surface area contributed by atoms with Gasteiger partial charge in [0.15, 0.2) is 0 Å². The fraction of sp³-hybridized carbons (Fsp3) is 0.955. The van der Waals surface area contributed by atoms with E-state index in [4.69, 9.17) is 4.43 Å². The largest absolute Gasteiger partial charge is 0.518 e. The predicted octanol–water partition coefficient (Wildman–Crippen LogP) is 7.28. The van der Waals surface area contributed by atoms with Gasteiger partial charge >= 0.3 is 0 Å². The Morgan fingerprint density at radius 3 is 1.40 bits per heavy atom. The lowest BCUT2D eigenvalue weighted by Gasteiger charge is -2.51. The molecule has 3 heteroatoms. The summed E-state index contributed by atoms with van der Waals surface area (Å²) in [7, 11) is -2.04. The summed E-state index contributed by atoms with van der Waals surface area (Å²) in [5.41, 5.74) is 2.31. The molecule has 0 aromatic rings. The zero-order chi connectivity index (χ0) is 17.5. The zero-order valence-electron chi connectivity index (χ0n) is 16.6. The van der Waals surface area contributed by atoms with Crippen molar-refractivity contribution in [1.29, 1.82) is 0 Å². The molecule has 144 valence electrons. The van der Waals surface area contributed by atoms with Gasteiger partial charge in [-0.2, -0.15) is 0 Å². The van der Waals surface area contributed by atoms with Crippen molar-refractivity contribution in [2.75, 3.05) is 0 Å². The lowest BCUT2D eigenvalue weighted by atomic mass is 9.98. The van der Waals surface area contributed by atoms with Gasteiger partial charge in [-0.15, -0.1) is 0 Å². The number of rotatable bonds is 6. The van der Waals surface area contributed by atoms with Crippen LogP contribution < -0.4 is 0 Å². The first-order valence-electron chi connectivity index (χ1n) is 11.5. The van der Waals surface area contributed by atoms with E-state index in [2.05, 4.69) is 6.92 Å². The van der Waals surface area contributed by atoms with E-state index in [-0.39, 0.29) is 5.97 Å². The van der Waals surface area contributed by atoms with Crippen molar-refractivity contribution >= 4 is 14.3 Å². The summed E-state index contributed by atoms with van der Waals surface area (Å²) in [6.45, 7) is 2.12. The normalized spacial score (nSPS) is 25.0. The van der Waals surface area contributed by atoms with Crippen molar-refractivity contribution in [2.45, 2.75) is 133 Å². The fourth-order valence-corrected chi connectivity index (χ4v) is 13.3. The molecule has 0 spiro atoms. The second kappa shape index (κ2) is 9.57. The minimum absolute atomic E-state index is 0.163. The van der Waals surface area contributed by atoms with Crippen LogP contribution in [0.15, 0.2) is 0 Å². The Labute approximate surface area is 156 Å². The third-order valence-electron chi connectivity index (χ3n) is 7.47. The molecule has 3 aliphatic rings. The molecule has 0 radical (unpaired) electrons. The summed E-state index contributed by atoms with van der Waals surface area (Å²) in [6.07, 6.45) is 22.2. The van der Waals surface area contributed by atoms with E-state index in [0.717, 1.165) is 23.0 Å². The zero-order valence-corrected chi connectivity index (χ0v) is 17.6. The second-order valence-corrected chi connectivity index (χ2v) is 13.4. The topological polar surface area (TPSA) is 26.3 Å². The van der Waals surface area contributed by atoms with Crippen LogP contribution in [-0.2, 0) is 9.22 Å². The SMILES string of the molecule is CCCC(=O)O[Si](C1CCCCC1)(C1CCCCC1)C1CCCCC1. The highest BCUT2D eigenvalue weighted by Crippen LogP contribution is 2.57. The number of hydrogen-bond acceptors (Lipinski definition) is 2. The maximum atomic E-state index is 12.8. The van der Waals surface area contributed by atoms with Gasteiger partial charge < -0.3 is 4.43 Å². The van der Waals surface area contributed by atoms with E-state index in [1.54, 1.807) is 0 Å². The Morgan fingerprint density at radius 1 is 0.720 bits per heavy atom. The molecule has 0 unspecified atom stereocenters. The smallest absolute Gasteiger partial charge is 0.292 e. The van der Waals surface area contributed by atoms with Crippen LogP contribution in [0.3, 0.4) is 0 Å². The third-order valence-corrected chi connectivity index (χ3v) is 13.6. The second-order valence-electron chi connectivity index (χ2n) is 9.08. The average Bonchev–Trinajstić information content (AvgIpc) is 2.68. The average molecular weight is 365 g/mol. The summed E-state index contributed by atoms with van der Waals surface area (Å²) < 4.78 is 6.80. The monoisotopic (exact) mass is 364 g/mol. The van der Waals surface area contributed by atoms with Gasteiger partial charge in [-0.1, -0.05) is 64.7 Å². The molecular formula is C22H40O2Si. The van der Waals surface area contributed by atoms with E-state index in [1.807, 2.05) is 0 Å². The van der Waals surface area contributed by atoms with E-state index in [1.165, 1.54) is 96.3 Å². The summed E-state index contributed by atoms with van der Waals surface area (Å²) >= 11 is 0. The van der Waals surface area contributed by atoms with Crippen LogP contribution in [0.4, 0.5) is 0 Å². The van der Waals surface area contributed by atoms with Gasteiger partial charge in [-0.25, -0.2) is 0 Å². The Bertz CT molecular complexity index is 359. The van der Waals surface area contributed by atoms with Crippen molar-refractivity contribution in [3.05, 3.63) is 0 Å². The van der Waals surface area contributed by atoms with Crippen LogP contribution in [0.5, 0.6) is 0 Å². The van der Waals surface area contributed by atoms with Gasteiger partial charge in [0.2, 0.25) is 0 Å². The molecular weight excluding hydrogens is 324 g/mol. The number of carbonyl (C=O) groups is 1. The highest BCUT2D eigenvalue weighted by molar-refractivity contribution is 6.79. The molecule has 0 aromatic carbocycles. The summed E-state index contributed by atoms with van der Waals surface area (Å²) in [5.74, 6) is 0.163. The van der Waals surface area contributed by atoms with E-state index >= 15 is 0 Å². The van der Waals surface area contributed by atoms with Gasteiger partial charge in [-0.3, -0.25) is 4.79 Å².